The lowest BCUT2D eigenvalue weighted by Crippen LogP contribution is -2.13. The fourth-order valence-electron chi connectivity index (χ4n) is 0.742. The van der Waals surface area contributed by atoms with Crippen LogP contribution in [-0.4, -0.2) is 42.9 Å². The molecule has 0 bridgehead atoms. The Kier molecular flexibility index (Phi) is 9.17. The van der Waals surface area contributed by atoms with Crippen molar-refractivity contribution in [2.75, 3.05) is 38.0 Å². The van der Waals surface area contributed by atoms with Gasteiger partial charge in [0.1, 0.15) is 0 Å². The van der Waals surface area contributed by atoms with Gasteiger partial charge < -0.3 is 4.90 Å². The molecule has 0 radical (unpaired) electrons. The van der Waals surface area contributed by atoms with Gasteiger partial charge in [-0.3, -0.25) is 0 Å². The molecule has 1 nitrogen and oxygen atoms in total. The Morgan fingerprint density at radius 2 is 1.82 bits per heavy atom. The Bertz CT molecular complexity index is 78.5. The summed E-state index contributed by atoms with van der Waals surface area (Å²) in [4.78, 5) is 2.22. The number of halogens is 1. The topological polar surface area (TPSA) is 3.24 Å². The first-order chi connectivity index (χ1) is 5.27. The lowest BCUT2D eigenvalue weighted by molar-refractivity contribution is 0.410. The van der Waals surface area contributed by atoms with Gasteiger partial charge in [0.25, 0.3) is 0 Å². The van der Waals surface area contributed by atoms with Crippen LogP contribution in [0.2, 0.25) is 0 Å². The number of rotatable bonds is 7. The number of alkyl halides is 1. The maximum atomic E-state index is 5.54. The molecule has 0 heterocycles. The minimum absolute atomic E-state index is 0.806. The SMILES string of the molecule is CN(C)CCCSCCCCl. The van der Waals surface area contributed by atoms with Crippen molar-refractivity contribution in [3.05, 3.63) is 0 Å². The maximum absolute atomic E-state index is 5.54. The van der Waals surface area contributed by atoms with E-state index in [1.807, 2.05) is 11.8 Å². The molecule has 0 N–H and O–H groups in total. The average Bonchev–Trinajstić information content (AvgIpc) is 1.96. The molecule has 0 saturated heterocycles. The van der Waals surface area contributed by atoms with E-state index < -0.39 is 0 Å². The van der Waals surface area contributed by atoms with Crippen LogP contribution in [0.1, 0.15) is 12.8 Å². The molecule has 0 spiro atoms. The summed E-state index contributed by atoms with van der Waals surface area (Å²) in [5.74, 6) is 3.30. The molecule has 0 aromatic rings. The Hall–Kier alpha value is 0.600. The summed E-state index contributed by atoms with van der Waals surface area (Å²) in [5, 5.41) is 0. The molecule has 0 aromatic heterocycles. The monoisotopic (exact) mass is 195 g/mol. The zero-order valence-corrected chi connectivity index (χ0v) is 9.05. The maximum Gasteiger partial charge on any atom is 0.0231 e. The summed E-state index contributed by atoms with van der Waals surface area (Å²) in [5.41, 5.74) is 0. The highest BCUT2D eigenvalue weighted by molar-refractivity contribution is 7.99. The number of hydrogen-bond donors (Lipinski definition) is 0. The van der Waals surface area contributed by atoms with E-state index in [4.69, 9.17) is 11.6 Å². The molecule has 11 heavy (non-hydrogen) atoms. The van der Waals surface area contributed by atoms with Crippen LogP contribution in [0.15, 0.2) is 0 Å². The Morgan fingerprint density at radius 3 is 2.36 bits per heavy atom. The molecular weight excluding hydrogens is 178 g/mol. The zero-order valence-electron chi connectivity index (χ0n) is 7.48. The minimum atomic E-state index is 0.806. The molecule has 68 valence electrons. The molecule has 0 aromatic carbocycles. The van der Waals surface area contributed by atoms with Crippen molar-refractivity contribution >= 4 is 23.4 Å². The second kappa shape index (κ2) is 8.69. The highest BCUT2D eigenvalue weighted by atomic mass is 35.5. The fraction of sp³-hybridized carbons (Fsp3) is 1.00. The van der Waals surface area contributed by atoms with Crippen LogP contribution in [0, 0.1) is 0 Å². The van der Waals surface area contributed by atoms with Crippen LogP contribution in [0.4, 0.5) is 0 Å². The summed E-state index contributed by atoms with van der Waals surface area (Å²) in [6.45, 7) is 1.20. The predicted molar refractivity (Wildman–Crippen MR) is 55.8 cm³/mol. The Balaban J connectivity index is 2.80. The van der Waals surface area contributed by atoms with Crippen LogP contribution in [0.5, 0.6) is 0 Å². The molecule has 0 aliphatic heterocycles. The summed E-state index contributed by atoms with van der Waals surface area (Å²) in [7, 11) is 4.23. The summed E-state index contributed by atoms with van der Waals surface area (Å²) in [6.07, 6.45) is 2.44. The molecule has 0 aliphatic rings. The van der Waals surface area contributed by atoms with Gasteiger partial charge in [-0.2, -0.15) is 11.8 Å². The Morgan fingerprint density at radius 1 is 1.18 bits per heavy atom. The van der Waals surface area contributed by atoms with E-state index in [-0.39, 0.29) is 0 Å². The lowest BCUT2D eigenvalue weighted by Gasteiger charge is -2.07. The number of nitrogens with zero attached hydrogens (tertiary/aromatic N) is 1. The predicted octanol–water partition coefficient (Wildman–Crippen LogP) is 2.30. The van der Waals surface area contributed by atoms with Gasteiger partial charge in [0.2, 0.25) is 0 Å². The zero-order chi connectivity index (χ0) is 8.53. The number of thioether (sulfide) groups is 1. The third-order valence-corrected chi connectivity index (χ3v) is 2.74. The second-order valence-electron chi connectivity index (χ2n) is 2.81. The summed E-state index contributed by atoms with van der Waals surface area (Å²) >= 11 is 7.55. The molecule has 0 aliphatic carbocycles. The molecule has 0 atom stereocenters. The minimum Gasteiger partial charge on any atom is -0.309 e. The molecule has 3 heteroatoms. The van der Waals surface area contributed by atoms with E-state index in [1.165, 1.54) is 24.5 Å². The molecule has 0 fully saturated rings. The van der Waals surface area contributed by atoms with Crippen molar-refractivity contribution in [3.8, 4) is 0 Å². The molecule has 0 rings (SSSR count). The third kappa shape index (κ3) is 10.6. The number of hydrogen-bond acceptors (Lipinski definition) is 2. The standard InChI is InChI=1S/C8H18ClNS/c1-10(2)6-4-8-11-7-3-5-9/h3-8H2,1-2H3. The quantitative estimate of drug-likeness (QED) is 0.453. The molecule has 0 saturated carbocycles. The van der Waals surface area contributed by atoms with Gasteiger partial charge in [0.15, 0.2) is 0 Å². The van der Waals surface area contributed by atoms with E-state index in [2.05, 4.69) is 19.0 Å². The first-order valence-electron chi connectivity index (χ1n) is 4.06. The lowest BCUT2D eigenvalue weighted by atomic mass is 10.5. The van der Waals surface area contributed by atoms with Crippen molar-refractivity contribution in [1.82, 2.24) is 4.90 Å². The second-order valence-corrected chi connectivity index (χ2v) is 4.41. The highest BCUT2D eigenvalue weighted by Crippen LogP contribution is 2.04. The van der Waals surface area contributed by atoms with Crippen LogP contribution < -0.4 is 0 Å². The first kappa shape index (κ1) is 11.6. The van der Waals surface area contributed by atoms with Gasteiger partial charge in [0, 0.05) is 5.88 Å². The Labute approximate surface area is 79.5 Å². The van der Waals surface area contributed by atoms with Crippen molar-refractivity contribution in [2.24, 2.45) is 0 Å². The van der Waals surface area contributed by atoms with Crippen LogP contribution in [-0.2, 0) is 0 Å². The van der Waals surface area contributed by atoms with E-state index in [0.29, 0.717) is 0 Å². The molecule has 0 amide bonds. The summed E-state index contributed by atoms with van der Waals surface area (Å²) in [6, 6.07) is 0. The van der Waals surface area contributed by atoms with Crippen molar-refractivity contribution in [2.45, 2.75) is 12.8 Å². The van der Waals surface area contributed by atoms with Gasteiger partial charge in [-0.25, -0.2) is 0 Å². The highest BCUT2D eigenvalue weighted by Gasteiger charge is 1.91. The smallest absolute Gasteiger partial charge is 0.0231 e. The average molecular weight is 196 g/mol. The van der Waals surface area contributed by atoms with E-state index >= 15 is 0 Å². The van der Waals surface area contributed by atoms with Gasteiger partial charge in [-0.15, -0.1) is 11.6 Å². The van der Waals surface area contributed by atoms with Gasteiger partial charge >= 0.3 is 0 Å². The van der Waals surface area contributed by atoms with E-state index in [1.54, 1.807) is 0 Å². The third-order valence-electron chi connectivity index (χ3n) is 1.32. The van der Waals surface area contributed by atoms with Gasteiger partial charge in [-0.05, 0) is 45.0 Å². The van der Waals surface area contributed by atoms with Crippen molar-refractivity contribution in [3.63, 3.8) is 0 Å². The molecule has 0 unspecified atom stereocenters. The molecular formula is C8H18ClNS. The first-order valence-corrected chi connectivity index (χ1v) is 5.74. The van der Waals surface area contributed by atoms with Crippen LogP contribution >= 0.6 is 23.4 Å². The fourth-order valence-corrected chi connectivity index (χ4v) is 1.92. The van der Waals surface area contributed by atoms with Crippen LogP contribution in [0.3, 0.4) is 0 Å². The largest absolute Gasteiger partial charge is 0.309 e. The van der Waals surface area contributed by atoms with Crippen LogP contribution in [0.25, 0.3) is 0 Å². The summed E-state index contributed by atoms with van der Waals surface area (Å²) < 4.78 is 0. The normalized spacial score (nSPS) is 10.9. The van der Waals surface area contributed by atoms with Gasteiger partial charge in [-0.1, -0.05) is 0 Å². The van der Waals surface area contributed by atoms with Gasteiger partial charge in [0.05, 0.1) is 0 Å². The van der Waals surface area contributed by atoms with E-state index in [0.717, 1.165) is 12.3 Å². The van der Waals surface area contributed by atoms with Crippen molar-refractivity contribution < 1.29 is 0 Å². The van der Waals surface area contributed by atoms with Crippen molar-refractivity contribution in [1.29, 1.82) is 0 Å². The van der Waals surface area contributed by atoms with E-state index in [9.17, 15) is 0 Å².